The smallest absolute Gasteiger partial charge is 0.410 e. The van der Waals surface area contributed by atoms with E-state index >= 15 is 0 Å². The zero-order valence-electron chi connectivity index (χ0n) is 15.6. The SMILES string of the molecule is COc1ccc(Cl)cc1CNCCCN(C(=O)OC(C)(C)C)C1CC1. The Morgan fingerprint density at radius 3 is 2.68 bits per heavy atom. The number of nitrogens with one attached hydrogen (secondary N) is 1. The molecule has 140 valence electrons. The highest BCUT2D eigenvalue weighted by Crippen LogP contribution is 2.28. The van der Waals surface area contributed by atoms with Crippen molar-refractivity contribution in [2.24, 2.45) is 0 Å². The number of benzene rings is 1. The fourth-order valence-corrected chi connectivity index (χ4v) is 2.81. The molecule has 25 heavy (non-hydrogen) atoms. The second kappa shape index (κ2) is 8.77. The lowest BCUT2D eigenvalue weighted by Gasteiger charge is -2.27. The molecule has 1 fully saturated rings. The minimum Gasteiger partial charge on any atom is -0.496 e. The van der Waals surface area contributed by atoms with Crippen LogP contribution in [0.3, 0.4) is 0 Å². The van der Waals surface area contributed by atoms with Crippen molar-refractivity contribution in [1.29, 1.82) is 0 Å². The molecule has 0 unspecified atom stereocenters. The van der Waals surface area contributed by atoms with Crippen LogP contribution in [0, 0.1) is 0 Å². The number of amides is 1. The van der Waals surface area contributed by atoms with E-state index in [1.807, 2.05) is 43.9 Å². The third-order valence-corrected chi connectivity index (χ3v) is 4.16. The highest BCUT2D eigenvalue weighted by Gasteiger charge is 2.34. The second-order valence-corrected chi connectivity index (χ2v) is 7.83. The van der Waals surface area contributed by atoms with Gasteiger partial charge >= 0.3 is 6.09 Å². The summed E-state index contributed by atoms with van der Waals surface area (Å²) >= 11 is 6.04. The Kier molecular flexibility index (Phi) is 6.96. The van der Waals surface area contributed by atoms with Crippen LogP contribution in [0.4, 0.5) is 4.79 Å². The predicted octanol–water partition coefficient (Wildman–Crippen LogP) is 4.23. The van der Waals surface area contributed by atoms with Crippen LogP contribution in [0.2, 0.25) is 5.02 Å². The monoisotopic (exact) mass is 368 g/mol. The average Bonchev–Trinajstić information content (AvgIpc) is 3.33. The number of hydrogen-bond acceptors (Lipinski definition) is 4. The Bertz CT molecular complexity index is 583. The van der Waals surface area contributed by atoms with Crippen LogP contribution in [0.15, 0.2) is 18.2 Å². The fourth-order valence-electron chi connectivity index (χ4n) is 2.61. The summed E-state index contributed by atoms with van der Waals surface area (Å²) in [6, 6.07) is 5.95. The Morgan fingerprint density at radius 2 is 2.08 bits per heavy atom. The van der Waals surface area contributed by atoms with Gasteiger partial charge in [-0.1, -0.05) is 11.6 Å². The molecule has 1 aromatic carbocycles. The highest BCUT2D eigenvalue weighted by molar-refractivity contribution is 6.30. The quantitative estimate of drug-likeness (QED) is 0.698. The summed E-state index contributed by atoms with van der Waals surface area (Å²) in [5.74, 6) is 0.824. The number of nitrogens with zero attached hydrogens (tertiary/aromatic N) is 1. The number of hydrogen-bond donors (Lipinski definition) is 1. The van der Waals surface area contributed by atoms with Gasteiger partial charge in [-0.3, -0.25) is 0 Å². The number of rotatable bonds is 8. The maximum absolute atomic E-state index is 12.3. The van der Waals surface area contributed by atoms with Gasteiger partial charge in [0.1, 0.15) is 11.4 Å². The zero-order chi connectivity index (χ0) is 18.4. The molecule has 2 rings (SSSR count). The molecule has 1 aliphatic rings. The molecule has 0 saturated heterocycles. The second-order valence-electron chi connectivity index (χ2n) is 7.39. The predicted molar refractivity (Wildman–Crippen MR) is 100 cm³/mol. The average molecular weight is 369 g/mol. The van der Waals surface area contributed by atoms with Gasteiger partial charge in [-0.15, -0.1) is 0 Å². The van der Waals surface area contributed by atoms with Gasteiger partial charge in [-0.25, -0.2) is 4.79 Å². The van der Waals surface area contributed by atoms with E-state index in [-0.39, 0.29) is 6.09 Å². The number of carbonyl (C=O) groups is 1. The van der Waals surface area contributed by atoms with Crippen molar-refractivity contribution in [1.82, 2.24) is 10.2 Å². The molecule has 0 bridgehead atoms. The molecule has 6 heteroatoms. The molecule has 0 aromatic heterocycles. The minimum atomic E-state index is -0.453. The minimum absolute atomic E-state index is 0.202. The van der Waals surface area contributed by atoms with Crippen LogP contribution < -0.4 is 10.1 Å². The van der Waals surface area contributed by atoms with Gasteiger partial charge in [0, 0.05) is 29.7 Å². The van der Waals surface area contributed by atoms with Crippen molar-refractivity contribution >= 4 is 17.7 Å². The molecule has 1 aliphatic carbocycles. The third-order valence-electron chi connectivity index (χ3n) is 3.93. The maximum Gasteiger partial charge on any atom is 0.410 e. The van der Waals surface area contributed by atoms with Gasteiger partial charge in [0.15, 0.2) is 0 Å². The summed E-state index contributed by atoms with van der Waals surface area (Å²) < 4.78 is 10.9. The number of ether oxygens (including phenoxy) is 2. The molecule has 1 saturated carbocycles. The van der Waals surface area contributed by atoms with Crippen molar-refractivity contribution in [2.75, 3.05) is 20.2 Å². The lowest BCUT2D eigenvalue weighted by Crippen LogP contribution is -2.39. The number of halogens is 1. The van der Waals surface area contributed by atoms with Crippen LogP contribution in [-0.4, -0.2) is 42.8 Å². The molecule has 1 amide bonds. The van der Waals surface area contributed by atoms with Crippen LogP contribution in [-0.2, 0) is 11.3 Å². The van der Waals surface area contributed by atoms with Crippen LogP contribution in [0.5, 0.6) is 5.75 Å². The van der Waals surface area contributed by atoms with Crippen molar-refractivity contribution in [2.45, 2.75) is 58.2 Å². The summed E-state index contributed by atoms with van der Waals surface area (Å²) in [6.45, 7) is 7.89. The molecule has 0 atom stereocenters. The van der Waals surface area contributed by atoms with Gasteiger partial charge < -0.3 is 19.7 Å². The first-order valence-corrected chi connectivity index (χ1v) is 9.20. The lowest BCUT2D eigenvalue weighted by atomic mass is 10.2. The van der Waals surface area contributed by atoms with Gasteiger partial charge in [-0.2, -0.15) is 0 Å². The van der Waals surface area contributed by atoms with E-state index in [9.17, 15) is 4.79 Å². The van der Waals surface area contributed by atoms with E-state index in [1.165, 1.54) is 0 Å². The van der Waals surface area contributed by atoms with Crippen molar-refractivity contribution in [3.8, 4) is 5.75 Å². The highest BCUT2D eigenvalue weighted by atomic mass is 35.5. The lowest BCUT2D eigenvalue weighted by molar-refractivity contribution is 0.0232. The first-order chi connectivity index (χ1) is 11.8. The van der Waals surface area contributed by atoms with Gasteiger partial charge in [0.2, 0.25) is 0 Å². The number of carbonyl (C=O) groups excluding carboxylic acids is 1. The van der Waals surface area contributed by atoms with Crippen molar-refractivity contribution < 1.29 is 14.3 Å². The van der Waals surface area contributed by atoms with E-state index in [0.717, 1.165) is 37.1 Å². The summed E-state index contributed by atoms with van der Waals surface area (Å²) in [5.41, 5.74) is 0.576. The Balaban J connectivity index is 1.76. The van der Waals surface area contributed by atoms with E-state index in [2.05, 4.69) is 5.32 Å². The van der Waals surface area contributed by atoms with Gasteiger partial charge in [-0.05, 0) is 64.8 Å². The van der Waals surface area contributed by atoms with E-state index in [0.29, 0.717) is 24.2 Å². The molecule has 0 radical (unpaired) electrons. The molecule has 5 nitrogen and oxygen atoms in total. The van der Waals surface area contributed by atoms with Crippen LogP contribution in [0.25, 0.3) is 0 Å². The van der Waals surface area contributed by atoms with E-state index in [1.54, 1.807) is 7.11 Å². The first kappa shape index (κ1) is 19.9. The zero-order valence-corrected chi connectivity index (χ0v) is 16.4. The summed E-state index contributed by atoms with van der Waals surface area (Å²) in [4.78, 5) is 14.2. The van der Waals surface area contributed by atoms with E-state index in [4.69, 9.17) is 21.1 Å². The molecule has 0 heterocycles. The standard InChI is InChI=1S/C19H29ClN2O3/c1-19(2,3)25-18(23)22(16-7-8-16)11-5-10-21-13-14-12-15(20)6-9-17(14)24-4/h6,9,12,16,21H,5,7-8,10-11,13H2,1-4H3. The Labute approximate surface area is 155 Å². The van der Waals surface area contributed by atoms with E-state index < -0.39 is 5.60 Å². The fraction of sp³-hybridized carbons (Fsp3) is 0.632. The molecular weight excluding hydrogens is 340 g/mol. The van der Waals surface area contributed by atoms with Crippen molar-refractivity contribution in [3.63, 3.8) is 0 Å². The maximum atomic E-state index is 12.3. The van der Waals surface area contributed by atoms with Crippen LogP contribution >= 0.6 is 11.6 Å². The third kappa shape index (κ3) is 6.75. The molecular formula is C19H29ClN2O3. The Hall–Kier alpha value is -1.46. The normalized spacial score (nSPS) is 14.3. The van der Waals surface area contributed by atoms with Crippen molar-refractivity contribution in [3.05, 3.63) is 28.8 Å². The topological polar surface area (TPSA) is 50.8 Å². The molecule has 0 spiro atoms. The van der Waals surface area contributed by atoms with Gasteiger partial charge in [0.05, 0.1) is 7.11 Å². The Morgan fingerprint density at radius 1 is 1.36 bits per heavy atom. The largest absolute Gasteiger partial charge is 0.496 e. The molecule has 1 aromatic rings. The first-order valence-electron chi connectivity index (χ1n) is 8.83. The molecule has 0 aliphatic heterocycles. The van der Waals surface area contributed by atoms with Gasteiger partial charge in [0.25, 0.3) is 0 Å². The number of methoxy groups -OCH3 is 1. The summed E-state index contributed by atoms with van der Waals surface area (Å²) in [5, 5.41) is 4.08. The summed E-state index contributed by atoms with van der Waals surface area (Å²) in [7, 11) is 1.65. The molecule has 1 N–H and O–H groups in total. The summed E-state index contributed by atoms with van der Waals surface area (Å²) in [6.07, 6.45) is 2.82. The van der Waals surface area contributed by atoms with Crippen LogP contribution in [0.1, 0.15) is 45.6 Å².